The smallest absolute Gasteiger partial charge is 0.320 e. The van der Waals surface area contributed by atoms with E-state index in [1.807, 2.05) is 0 Å². The van der Waals surface area contributed by atoms with E-state index >= 15 is 0 Å². The van der Waals surface area contributed by atoms with Crippen LogP contribution in [0.4, 0.5) is 0 Å². The number of nitrogens with two attached hydrogens (primary N) is 1. The molecule has 0 bridgehead atoms. The summed E-state index contributed by atoms with van der Waals surface area (Å²) in [6, 6.07) is -0.465. The van der Waals surface area contributed by atoms with Gasteiger partial charge in [-0.2, -0.15) is 0 Å². The van der Waals surface area contributed by atoms with Gasteiger partial charge < -0.3 is 16.2 Å². The summed E-state index contributed by atoms with van der Waals surface area (Å²) in [6.45, 7) is 1.08. The maximum absolute atomic E-state index is 10.5. The van der Waals surface area contributed by atoms with Gasteiger partial charge in [-0.15, -0.1) is 0 Å². The second-order valence-electron chi connectivity index (χ2n) is 2.65. The molecule has 4 N–H and O–H groups in total. The largest absolute Gasteiger partial charge is 0.480 e. The van der Waals surface area contributed by atoms with Crippen molar-refractivity contribution in [1.29, 1.82) is 0 Å². The van der Waals surface area contributed by atoms with Gasteiger partial charge in [-0.25, -0.2) is 0 Å². The Morgan fingerprint density at radius 2 is 2.46 bits per heavy atom. The van der Waals surface area contributed by atoms with Crippen LogP contribution in [0.1, 0.15) is 12.8 Å². The number of carboxylic acids is 1. The third kappa shape index (κ3) is 6.24. The number of hydrogen-bond acceptors (Lipinski definition) is 4. The van der Waals surface area contributed by atoms with E-state index in [0.29, 0.717) is 19.5 Å². The first kappa shape index (κ1) is 12.1. The molecule has 13 heavy (non-hydrogen) atoms. The van der Waals surface area contributed by atoms with Crippen molar-refractivity contribution in [2.24, 2.45) is 10.7 Å². The molecule has 0 heterocycles. The molecule has 0 aliphatic rings. The first-order valence-corrected chi connectivity index (χ1v) is 4.30. The van der Waals surface area contributed by atoms with Gasteiger partial charge in [0.05, 0.1) is 0 Å². The Morgan fingerprint density at radius 1 is 1.77 bits per heavy atom. The van der Waals surface area contributed by atoms with Crippen molar-refractivity contribution in [2.75, 3.05) is 20.1 Å². The molecule has 5 heteroatoms. The van der Waals surface area contributed by atoms with Crippen molar-refractivity contribution in [1.82, 2.24) is 5.32 Å². The number of nitrogens with zero attached hydrogens (tertiary/aromatic N) is 1. The molecule has 0 saturated carbocycles. The summed E-state index contributed by atoms with van der Waals surface area (Å²) >= 11 is 0. The van der Waals surface area contributed by atoms with E-state index in [4.69, 9.17) is 10.8 Å². The zero-order valence-electron chi connectivity index (χ0n) is 7.86. The van der Waals surface area contributed by atoms with Crippen LogP contribution in [0.2, 0.25) is 0 Å². The fraction of sp³-hybridized carbons (Fsp3) is 0.750. The van der Waals surface area contributed by atoms with Crippen LogP contribution in [0.5, 0.6) is 0 Å². The van der Waals surface area contributed by atoms with Gasteiger partial charge in [0.2, 0.25) is 0 Å². The zero-order valence-corrected chi connectivity index (χ0v) is 7.86. The summed E-state index contributed by atoms with van der Waals surface area (Å²) in [5.74, 6) is -0.815. The molecule has 0 aliphatic carbocycles. The van der Waals surface area contributed by atoms with E-state index in [2.05, 4.69) is 10.3 Å². The van der Waals surface area contributed by atoms with Crippen molar-refractivity contribution >= 4 is 12.2 Å². The average molecular weight is 187 g/mol. The molecule has 5 nitrogen and oxygen atoms in total. The zero-order chi connectivity index (χ0) is 10.1. The number of carbonyl (C=O) groups is 1. The molecule has 0 fully saturated rings. The number of rotatable bonds is 7. The quantitative estimate of drug-likeness (QED) is 0.369. The summed E-state index contributed by atoms with van der Waals surface area (Å²) in [6.07, 6.45) is 2.98. The van der Waals surface area contributed by atoms with Gasteiger partial charge in [-0.05, 0) is 19.9 Å². The SMILES string of the molecule is CN[C@@H](CCCN=CCN)C(=O)O. The van der Waals surface area contributed by atoms with Crippen LogP contribution in [0.3, 0.4) is 0 Å². The van der Waals surface area contributed by atoms with Crippen LogP contribution >= 0.6 is 0 Å². The van der Waals surface area contributed by atoms with E-state index < -0.39 is 12.0 Å². The number of hydrogen-bond donors (Lipinski definition) is 3. The number of nitrogens with one attached hydrogen (secondary N) is 1. The average Bonchev–Trinajstić information content (AvgIpc) is 2.10. The predicted molar refractivity (Wildman–Crippen MR) is 52.1 cm³/mol. The fourth-order valence-electron chi connectivity index (χ4n) is 0.944. The Balaban J connectivity index is 3.49. The molecule has 0 aliphatic heterocycles. The Labute approximate surface area is 78.0 Å². The minimum Gasteiger partial charge on any atom is -0.480 e. The topological polar surface area (TPSA) is 87.7 Å². The lowest BCUT2D eigenvalue weighted by atomic mass is 10.1. The van der Waals surface area contributed by atoms with Gasteiger partial charge in [0.25, 0.3) is 0 Å². The maximum atomic E-state index is 10.5. The highest BCUT2D eigenvalue weighted by Crippen LogP contribution is 1.96. The van der Waals surface area contributed by atoms with Crippen LogP contribution in [0.25, 0.3) is 0 Å². The summed E-state index contributed by atoms with van der Waals surface area (Å²) in [5, 5.41) is 11.4. The summed E-state index contributed by atoms with van der Waals surface area (Å²) in [5.41, 5.74) is 5.19. The molecule has 0 amide bonds. The van der Waals surface area contributed by atoms with Gasteiger partial charge in [0.15, 0.2) is 0 Å². The van der Waals surface area contributed by atoms with E-state index in [1.165, 1.54) is 0 Å². The summed E-state index contributed by atoms with van der Waals surface area (Å²) < 4.78 is 0. The molecule has 0 aromatic rings. The van der Waals surface area contributed by atoms with Gasteiger partial charge in [-0.3, -0.25) is 9.79 Å². The lowest BCUT2D eigenvalue weighted by Gasteiger charge is -2.08. The van der Waals surface area contributed by atoms with Crippen LogP contribution < -0.4 is 11.1 Å². The number of carboxylic acid groups (broad SMARTS) is 1. The molecule has 76 valence electrons. The summed E-state index contributed by atoms with van der Waals surface area (Å²) in [4.78, 5) is 14.5. The first-order chi connectivity index (χ1) is 6.22. The lowest BCUT2D eigenvalue weighted by Crippen LogP contribution is -2.33. The number of likely N-dealkylation sites (N-methyl/N-ethyl adjacent to an activating group) is 1. The van der Waals surface area contributed by atoms with Crippen LogP contribution in [-0.2, 0) is 4.79 Å². The van der Waals surface area contributed by atoms with Crippen LogP contribution in [-0.4, -0.2) is 43.5 Å². The van der Waals surface area contributed by atoms with E-state index in [1.54, 1.807) is 13.3 Å². The highest BCUT2D eigenvalue weighted by atomic mass is 16.4. The van der Waals surface area contributed by atoms with Gasteiger partial charge in [0.1, 0.15) is 6.04 Å². The third-order valence-corrected chi connectivity index (χ3v) is 1.66. The molecule has 0 saturated heterocycles. The highest BCUT2D eigenvalue weighted by molar-refractivity contribution is 5.73. The van der Waals surface area contributed by atoms with Crippen molar-refractivity contribution in [3.05, 3.63) is 0 Å². The van der Waals surface area contributed by atoms with E-state index in [0.717, 1.165) is 6.42 Å². The second kappa shape index (κ2) is 7.70. The Hall–Kier alpha value is -0.940. The molecular formula is C8H17N3O2. The number of aliphatic carboxylic acids is 1. The third-order valence-electron chi connectivity index (χ3n) is 1.66. The van der Waals surface area contributed by atoms with Crippen LogP contribution in [0.15, 0.2) is 4.99 Å². The van der Waals surface area contributed by atoms with E-state index in [-0.39, 0.29) is 0 Å². The van der Waals surface area contributed by atoms with Crippen molar-refractivity contribution in [2.45, 2.75) is 18.9 Å². The van der Waals surface area contributed by atoms with Gasteiger partial charge >= 0.3 is 5.97 Å². The maximum Gasteiger partial charge on any atom is 0.320 e. The highest BCUT2D eigenvalue weighted by Gasteiger charge is 2.12. The minimum absolute atomic E-state index is 0.439. The Morgan fingerprint density at radius 3 is 2.92 bits per heavy atom. The molecule has 0 radical (unpaired) electrons. The molecule has 1 atom stereocenters. The second-order valence-corrected chi connectivity index (χ2v) is 2.65. The Kier molecular flexibility index (Phi) is 7.14. The van der Waals surface area contributed by atoms with Crippen molar-refractivity contribution in [3.8, 4) is 0 Å². The van der Waals surface area contributed by atoms with Gasteiger partial charge in [-0.1, -0.05) is 0 Å². The molecular weight excluding hydrogens is 170 g/mol. The monoisotopic (exact) mass is 187 g/mol. The molecule has 0 rings (SSSR count). The molecule has 0 aromatic carbocycles. The fourth-order valence-corrected chi connectivity index (χ4v) is 0.944. The normalized spacial score (nSPS) is 13.4. The molecule has 0 unspecified atom stereocenters. The summed E-state index contributed by atoms with van der Waals surface area (Å²) in [7, 11) is 1.64. The Bertz CT molecular complexity index is 171. The van der Waals surface area contributed by atoms with Gasteiger partial charge in [0, 0.05) is 19.3 Å². The van der Waals surface area contributed by atoms with Crippen molar-refractivity contribution < 1.29 is 9.90 Å². The van der Waals surface area contributed by atoms with E-state index in [9.17, 15) is 4.79 Å². The standard InChI is InChI=1S/C8H17N3O2/c1-10-7(8(12)13)3-2-5-11-6-4-9/h6-7,10H,2-5,9H2,1H3,(H,12,13)/t7-/m0/s1. The minimum atomic E-state index is -0.815. The lowest BCUT2D eigenvalue weighted by molar-refractivity contribution is -0.139. The number of aliphatic imine (C=N–C) groups is 1. The predicted octanol–water partition coefficient (Wildman–Crippen LogP) is -0.531. The first-order valence-electron chi connectivity index (χ1n) is 4.30. The van der Waals surface area contributed by atoms with Crippen molar-refractivity contribution in [3.63, 3.8) is 0 Å². The van der Waals surface area contributed by atoms with Crippen LogP contribution in [0, 0.1) is 0 Å². The molecule has 0 spiro atoms. The molecule has 0 aromatic heterocycles.